The van der Waals surface area contributed by atoms with Gasteiger partial charge in [0.15, 0.2) is 0 Å². The van der Waals surface area contributed by atoms with Gasteiger partial charge in [-0.3, -0.25) is 0 Å². The first-order valence-corrected chi connectivity index (χ1v) is 6.96. The monoisotopic (exact) mass is 263 g/mol. The Hall–Kier alpha value is -1.58. The zero-order valence-corrected chi connectivity index (χ0v) is 10.8. The summed E-state index contributed by atoms with van der Waals surface area (Å²) in [6.07, 6.45) is 5.98. The number of fused-ring (bicyclic) bond motifs is 1. The number of hydrogen-bond donors (Lipinski definition) is 1. The Bertz CT molecular complexity index is 503. The normalized spacial score (nSPS) is 26.3. The summed E-state index contributed by atoms with van der Waals surface area (Å²) in [7, 11) is 0. The predicted octanol–water partition coefficient (Wildman–Crippen LogP) is 3.29. The number of carbonyl (C=O) groups is 1. The second-order valence-corrected chi connectivity index (χ2v) is 5.56. The van der Waals surface area contributed by atoms with Crippen LogP contribution in [-0.4, -0.2) is 23.7 Å². The van der Waals surface area contributed by atoms with Crippen LogP contribution in [0.15, 0.2) is 18.2 Å². The van der Waals surface area contributed by atoms with E-state index in [2.05, 4.69) is 4.90 Å². The van der Waals surface area contributed by atoms with Crippen molar-refractivity contribution in [1.29, 1.82) is 0 Å². The summed E-state index contributed by atoms with van der Waals surface area (Å²) in [5.41, 5.74) is 0.773. The van der Waals surface area contributed by atoms with Crippen molar-refractivity contribution < 1.29 is 14.3 Å². The number of anilines is 1. The Morgan fingerprint density at radius 3 is 2.84 bits per heavy atom. The predicted molar refractivity (Wildman–Crippen MR) is 71.1 cm³/mol. The maximum Gasteiger partial charge on any atom is 0.337 e. The van der Waals surface area contributed by atoms with Gasteiger partial charge in [0.25, 0.3) is 0 Å². The van der Waals surface area contributed by atoms with Crippen molar-refractivity contribution >= 4 is 11.7 Å². The van der Waals surface area contributed by atoms with Crippen LogP contribution >= 0.6 is 0 Å². The Morgan fingerprint density at radius 2 is 2.05 bits per heavy atom. The van der Waals surface area contributed by atoms with Crippen LogP contribution in [0.1, 0.15) is 42.5 Å². The van der Waals surface area contributed by atoms with E-state index in [9.17, 15) is 14.3 Å². The molecule has 2 aliphatic rings. The minimum atomic E-state index is -1.05. The van der Waals surface area contributed by atoms with E-state index >= 15 is 0 Å². The zero-order chi connectivity index (χ0) is 13.4. The van der Waals surface area contributed by atoms with Crippen LogP contribution in [0.25, 0.3) is 0 Å². The van der Waals surface area contributed by atoms with E-state index < -0.39 is 11.8 Å². The molecule has 0 bridgehead atoms. The van der Waals surface area contributed by atoms with Gasteiger partial charge in [-0.15, -0.1) is 0 Å². The number of rotatable bonds is 2. The zero-order valence-electron chi connectivity index (χ0n) is 10.8. The molecule has 19 heavy (non-hydrogen) atoms. The molecule has 3 rings (SSSR count). The number of aromatic carboxylic acids is 1. The molecule has 102 valence electrons. The van der Waals surface area contributed by atoms with E-state index in [-0.39, 0.29) is 5.56 Å². The molecule has 3 nitrogen and oxygen atoms in total. The minimum absolute atomic E-state index is 0.0891. The van der Waals surface area contributed by atoms with Crippen molar-refractivity contribution in [3.63, 3.8) is 0 Å². The molecular formula is C15H18FNO2. The average Bonchev–Trinajstić information content (AvgIpc) is 2.82. The van der Waals surface area contributed by atoms with E-state index in [0.717, 1.165) is 25.5 Å². The van der Waals surface area contributed by atoms with Crippen LogP contribution in [0.4, 0.5) is 10.1 Å². The topological polar surface area (TPSA) is 40.5 Å². The van der Waals surface area contributed by atoms with Gasteiger partial charge in [0.2, 0.25) is 0 Å². The van der Waals surface area contributed by atoms with E-state index in [0.29, 0.717) is 17.6 Å². The van der Waals surface area contributed by atoms with Crippen LogP contribution < -0.4 is 4.90 Å². The van der Waals surface area contributed by atoms with Gasteiger partial charge < -0.3 is 10.0 Å². The highest BCUT2D eigenvalue weighted by Crippen LogP contribution is 2.39. The molecule has 1 aliphatic heterocycles. The first-order valence-electron chi connectivity index (χ1n) is 6.96. The van der Waals surface area contributed by atoms with Gasteiger partial charge in [-0.05, 0) is 43.4 Å². The number of halogens is 1. The lowest BCUT2D eigenvalue weighted by Gasteiger charge is -2.33. The van der Waals surface area contributed by atoms with Crippen LogP contribution in [0.3, 0.4) is 0 Å². The molecule has 1 heterocycles. The number of benzene rings is 1. The van der Waals surface area contributed by atoms with E-state index in [4.69, 9.17) is 0 Å². The molecule has 1 aliphatic carbocycles. The van der Waals surface area contributed by atoms with E-state index in [1.54, 1.807) is 6.07 Å². The SMILES string of the molecule is O=C(O)c1cc(F)ccc1N1CCC2CCCCC21. The Balaban J connectivity index is 1.95. The highest BCUT2D eigenvalue weighted by atomic mass is 19.1. The van der Waals surface area contributed by atoms with Crippen LogP contribution in [-0.2, 0) is 0 Å². The molecule has 0 spiro atoms. The summed E-state index contributed by atoms with van der Waals surface area (Å²) >= 11 is 0. The average molecular weight is 263 g/mol. The summed E-state index contributed by atoms with van der Waals surface area (Å²) in [5.74, 6) is -0.852. The van der Waals surface area contributed by atoms with Crippen LogP contribution in [0.5, 0.6) is 0 Å². The molecule has 2 atom stereocenters. The second-order valence-electron chi connectivity index (χ2n) is 5.56. The minimum Gasteiger partial charge on any atom is -0.478 e. The fourth-order valence-electron chi connectivity index (χ4n) is 3.63. The summed E-state index contributed by atoms with van der Waals surface area (Å²) in [6.45, 7) is 0.890. The Morgan fingerprint density at radius 1 is 1.26 bits per heavy atom. The van der Waals surface area contributed by atoms with E-state index in [1.807, 2.05) is 0 Å². The van der Waals surface area contributed by atoms with Crippen molar-refractivity contribution in [2.24, 2.45) is 5.92 Å². The van der Waals surface area contributed by atoms with Gasteiger partial charge in [-0.25, -0.2) is 9.18 Å². The molecule has 2 unspecified atom stereocenters. The van der Waals surface area contributed by atoms with Gasteiger partial charge in [-0.2, -0.15) is 0 Å². The van der Waals surface area contributed by atoms with Crippen molar-refractivity contribution in [2.45, 2.75) is 38.1 Å². The summed E-state index contributed by atoms with van der Waals surface area (Å²) in [5, 5.41) is 9.25. The largest absolute Gasteiger partial charge is 0.478 e. The second kappa shape index (κ2) is 4.83. The molecule has 2 fully saturated rings. The third kappa shape index (κ3) is 2.20. The third-order valence-corrected chi connectivity index (χ3v) is 4.51. The lowest BCUT2D eigenvalue weighted by Crippen LogP contribution is -2.35. The molecule has 0 amide bonds. The molecule has 0 radical (unpaired) electrons. The van der Waals surface area contributed by atoms with Crippen molar-refractivity contribution in [3.8, 4) is 0 Å². The molecule has 1 saturated carbocycles. The van der Waals surface area contributed by atoms with Crippen molar-refractivity contribution in [3.05, 3.63) is 29.6 Å². The quantitative estimate of drug-likeness (QED) is 0.890. The fourth-order valence-corrected chi connectivity index (χ4v) is 3.63. The first kappa shape index (κ1) is 12.5. The highest BCUT2D eigenvalue weighted by molar-refractivity contribution is 5.94. The molecule has 1 aromatic carbocycles. The Kier molecular flexibility index (Phi) is 3.17. The molecular weight excluding hydrogens is 245 g/mol. The van der Waals surface area contributed by atoms with Crippen LogP contribution in [0.2, 0.25) is 0 Å². The van der Waals surface area contributed by atoms with Crippen LogP contribution in [0, 0.1) is 11.7 Å². The maximum atomic E-state index is 13.2. The lowest BCUT2D eigenvalue weighted by atomic mass is 9.85. The number of carboxylic acids is 1. The Labute approximate surface area is 112 Å². The third-order valence-electron chi connectivity index (χ3n) is 4.51. The summed E-state index contributed by atoms with van der Waals surface area (Å²) < 4.78 is 13.2. The van der Waals surface area contributed by atoms with Crippen molar-refractivity contribution in [2.75, 3.05) is 11.4 Å². The lowest BCUT2D eigenvalue weighted by molar-refractivity contribution is 0.0697. The smallest absolute Gasteiger partial charge is 0.337 e. The molecule has 1 N–H and O–H groups in total. The van der Waals surface area contributed by atoms with E-state index in [1.165, 1.54) is 25.3 Å². The van der Waals surface area contributed by atoms with Gasteiger partial charge >= 0.3 is 5.97 Å². The number of nitrogens with zero attached hydrogens (tertiary/aromatic N) is 1. The standard InChI is InChI=1S/C15H18FNO2/c16-11-5-6-14(12(9-11)15(18)19)17-8-7-10-3-1-2-4-13(10)17/h5-6,9-10,13H,1-4,7-8H2,(H,18,19). The molecule has 1 saturated heterocycles. The van der Waals surface area contributed by atoms with Gasteiger partial charge in [0, 0.05) is 12.6 Å². The summed E-state index contributed by atoms with van der Waals surface area (Å²) in [6, 6.07) is 4.55. The number of carboxylic acid groups (broad SMARTS) is 1. The van der Waals surface area contributed by atoms with Gasteiger partial charge in [-0.1, -0.05) is 12.8 Å². The molecule has 1 aromatic rings. The van der Waals surface area contributed by atoms with Crippen molar-refractivity contribution in [1.82, 2.24) is 0 Å². The highest BCUT2D eigenvalue weighted by Gasteiger charge is 2.37. The number of hydrogen-bond acceptors (Lipinski definition) is 2. The fraction of sp³-hybridized carbons (Fsp3) is 0.533. The molecule has 0 aromatic heterocycles. The van der Waals surface area contributed by atoms with Gasteiger partial charge in [0.05, 0.1) is 11.3 Å². The first-order chi connectivity index (χ1) is 9.16. The summed E-state index contributed by atoms with van der Waals surface area (Å²) in [4.78, 5) is 13.5. The maximum absolute atomic E-state index is 13.2. The van der Waals surface area contributed by atoms with Gasteiger partial charge in [0.1, 0.15) is 5.82 Å². The molecule has 4 heteroatoms.